The van der Waals surface area contributed by atoms with E-state index in [0.717, 1.165) is 22.8 Å². The Morgan fingerprint density at radius 2 is 1.79 bits per heavy atom. The molecule has 0 amide bonds. The number of hydrogen-bond donors (Lipinski definition) is 1. The first-order valence-corrected chi connectivity index (χ1v) is 12.7. The van der Waals surface area contributed by atoms with Crippen LogP contribution in [0.25, 0.3) is 11.3 Å². The van der Waals surface area contributed by atoms with E-state index >= 15 is 0 Å². The molecule has 0 unspecified atom stereocenters. The number of rotatable bonds is 10. The molecule has 0 aliphatic heterocycles. The molecule has 0 saturated carbocycles. The average Bonchev–Trinajstić information content (AvgIpc) is 3.23. The molecule has 2 heterocycles. The number of benzene rings is 1. The molecule has 0 aliphatic rings. The first kappa shape index (κ1) is 25.5. The number of nitrogens with one attached hydrogen (secondary N) is 1. The maximum absolute atomic E-state index is 12.2. The van der Waals surface area contributed by atoms with Crippen LogP contribution in [-0.2, 0) is 20.3 Å². The van der Waals surface area contributed by atoms with E-state index in [-0.39, 0.29) is 11.3 Å². The Morgan fingerprint density at radius 3 is 2.41 bits per heavy atom. The molecule has 0 bridgehead atoms. The van der Waals surface area contributed by atoms with Gasteiger partial charge in [-0.05, 0) is 45.9 Å². The van der Waals surface area contributed by atoms with E-state index in [1.807, 2.05) is 35.0 Å². The zero-order chi connectivity index (χ0) is 24.9. The second-order valence-corrected chi connectivity index (χ2v) is 11.1. The lowest BCUT2D eigenvalue weighted by Gasteiger charge is -2.22. The normalized spacial score (nSPS) is 11.9. The van der Waals surface area contributed by atoms with E-state index in [1.54, 1.807) is 39.4 Å². The van der Waals surface area contributed by atoms with Crippen LogP contribution in [0.4, 0.5) is 17.2 Å². The predicted molar refractivity (Wildman–Crippen MR) is 135 cm³/mol. The van der Waals surface area contributed by atoms with Crippen LogP contribution in [0, 0.1) is 0 Å². The fourth-order valence-corrected chi connectivity index (χ4v) is 4.09. The molecule has 0 fully saturated rings. The third-order valence-corrected chi connectivity index (χ3v) is 6.97. The number of nitrogens with zero attached hydrogens (tertiary/aromatic N) is 4. The molecule has 9 nitrogen and oxygen atoms in total. The highest BCUT2D eigenvalue weighted by atomic mass is 32.2. The molecule has 0 aliphatic carbocycles. The summed E-state index contributed by atoms with van der Waals surface area (Å²) in [6.45, 7) is 8.77. The van der Waals surface area contributed by atoms with E-state index in [4.69, 9.17) is 14.6 Å². The van der Waals surface area contributed by atoms with Gasteiger partial charge in [-0.15, -0.1) is 0 Å². The Hall–Kier alpha value is -3.11. The number of methoxy groups -OCH3 is 1. The summed E-state index contributed by atoms with van der Waals surface area (Å²) >= 11 is 0. The van der Waals surface area contributed by atoms with E-state index < -0.39 is 10.0 Å². The monoisotopic (exact) mass is 487 g/mol. The lowest BCUT2D eigenvalue weighted by Crippen LogP contribution is -2.27. The first-order chi connectivity index (χ1) is 16.0. The van der Waals surface area contributed by atoms with Crippen molar-refractivity contribution in [2.45, 2.75) is 33.2 Å². The predicted octanol–water partition coefficient (Wildman–Crippen LogP) is 4.25. The summed E-state index contributed by atoms with van der Waals surface area (Å²) in [6.07, 6.45) is 1.68. The van der Waals surface area contributed by atoms with Crippen LogP contribution in [0.5, 0.6) is 5.88 Å². The van der Waals surface area contributed by atoms with Crippen LogP contribution in [0.2, 0.25) is 0 Å². The van der Waals surface area contributed by atoms with Crippen molar-refractivity contribution in [3.63, 3.8) is 0 Å². The number of hydrogen-bond acceptors (Lipinski definition) is 7. The summed E-state index contributed by atoms with van der Waals surface area (Å²) < 4.78 is 38.2. The number of anilines is 3. The maximum atomic E-state index is 12.2. The SMILES string of the molecule is CCS(=O)(=O)N(C)c1ccc(-c2cc(Nc3ccnc(OCCOC)c3)n(C(C)(C)C)n2)cc1. The van der Waals surface area contributed by atoms with Gasteiger partial charge in [-0.3, -0.25) is 4.31 Å². The number of aromatic nitrogens is 3. The van der Waals surface area contributed by atoms with Crippen LogP contribution < -0.4 is 14.4 Å². The minimum absolute atomic E-state index is 0.0460. The zero-order valence-corrected chi connectivity index (χ0v) is 21.4. The molecule has 0 spiro atoms. The Labute approximate surface area is 201 Å². The van der Waals surface area contributed by atoms with Crippen molar-refractivity contribution in [3.05, 3.63) is 48.7 Å². The molecular weight excluding hydrogens is 454 g/mol. The van der Waals surface area contributed by atoms with Crippen molar-refractivity contribution in [3.8, 4) is 17.1 Å². The van der Waals surface area contributed by atoms with Crippen molar-refractivity contribution in [2.75, 3.05) is 42.7 Å². The largest absolute Gasteiger partial charge is 0.475 e. The summed E-state index contributed by atoms with van der Waals surface area (Å²) in [7, 11) is -0.130. The van der Waals surface area contributed by atoms with E-state index in [1.165, 1.54) is 4.31 Å². The van der Waals surface area contributed by atoms with Crippen LogP contribution in [0.15, 0.2) is 48.7 Å². The van der Waals surface area contributed by atoms with Gasteiger partial charge < -0.3 is 14.8 Å². The summed E-state index contributed by atoms with van der Waals surface area (Å²) in [5.74, 6) is 1.36. The highest BCUT2D eigenvalue weighted by Crippen LogP contribution is 2.31. The van der Waals surface area contributed by atoms with Crippen LogP contribution in [-0.4, -0.2) is 56.3 Å². The smallest absolute Gasteiger partial charge is 0.234 e. The summed E-state index contributed by atoms with van der Waals surface area (Å²) in [6, 6.07) is 13.0. The molecule has 0 radical (unpaired) electrons. The van der Waals surface area contributed by atoms with Crippen LogP contribution >= 0.6 is 0 Å². The van der Waals surface area contributed by atoms with Gasteiger partial charge in [0.25, 0.3) is 0 Å². The second kappa shape index (κ2) is 10.4. The van der Waals surface area contributed by atoms with Crippen molar-refractivity contribution in [1.82, 2.24) is 14.8 Å². The van der Waals surface area contributed by atoms with E-state index in [9.17, 15) is 8.42 Å². The molecule has 0 saturated heterocycles. The average molecular weight is 488 g/mol. The van der Waals surface area contributed by atoms with Gasteiger partial charge in [0.1, 0.15) is 12.4 Å². The van der Waals surface area contributed by atoms with E-state index in [0.29, 0.717) is 24.8 Å². The molecular formula is C24H33N5O4S. The molecule has 3 aromatic rings. The minimum atomic E-state index is -3.32. The highest BCUT2D eigenvalue weighted by Gasteiger charge is 2.21. The minimum Gasteiger partial charge on any atom is -0.475 e. The molecule has 34 heavy (non-hydrogen) atoms. The third kappa shape index (κ3) is 6.06. The molecule has 1 N–H and O–H groups in total. The molecule has 0 atom stereocenters. The summed E-state index contributed by atoms with van der Waals surface area (Å²) in [5, 5.41) is 8.25. The fourth-order valence-electron chi connectivity index (χ4n) is 3.26. The van der Waals surface area contributed by atoms with E-state index in [2.05, 4.69) is 31.1 Å². The molecule has 1 aromatic carbocycles. The quantitative estimate of drug-likeness (QED) is 0.427. The summed E-state index contributed by atoms with van der Waals surface area (Å²) in [4.78, 5) is 4.24. The molecule has 2 aromatic heterocycles. The third-order valence-electron chi connectivity index (χ3n) is 5.20. The van der Waals surface area contributed by atoms with Gasteiger partial charge in [0.15, 0.2) is 0 Å². The van der Waals surface area contributed by atoms with Gasteiger partial charge in [-0.25, -0.2) is 18.1 Å². The fraction of sp³-hybridized carbons (Fsp3) is 0.417. The van der Waals surface area contributed by atoms with Gasteiger partial charge in [-0.1, -0.05) is 12.1 Å². The number of sulfonamides is 1. The van der Waals surface area contributed by atoms with Crippen molar-refractivity contribution >= 4 is 27.2 Å². The zero-order valence-electron chi connectivity index (χ0n) is 20.6. The lowest BCUT2D eigenvalue weighted by molar-refractivity contribution is 0.144. The standard InChI is InChI=1S/C24H33N5O4S/c1-7-34(30,31)28(5)20-10-8-18(9-11-20)21-17-22(29(27-21)24(2,3)4)26-19-12-13-25-23(16-19)33-15-14-32-6/h8-13,16-17H,7,14-15H2,1-6H3,(H,25,26). The number of pyridine rings is 1. The summed E-state index contributed by atoms with van der Waals surface area (Å²) in [5.41, 5.74) is 2.81. The first-order valence-electron chi connectivity index (χ1n) is 11.1. The molecule has 3 rings (SSSR count). The Kier molecular flexibility index (Phi) is 7.83. The molecule has 10 heteroatoms. The second-order valence-electron chi connectivity index (χ2n) is 8.76. The molecule has 184 valence electrons. The lowest BCUT2D eigenvalue weighted by atomic mass is 10.1. The van der Waals surface area contributed by atoms with Crippen LogP contribution in [0.1, 0.15) is 27.7 Å². The van der Waals surface area contributed by atoms with Gasteiger partial charge in [-0.2, -0.15) is 5.10 Å². The van der Waals surface area contributed by atoms with Gasteiger partial charge in [0, 0.05) is 43.7 Å². The Balaban J connectivity index is 1.88. The highest BCUT2D eigenvalue weighted by molar-refractivity contribution is 7.92. The van der Waals surface area contributed by atoms with Crippen molar-refractivity contribution < 1.29 is 17.9 Å². The number of ether oxygens (including phenoxy) is 2. The Bertz CT molecular complexity index is 1200. The van der Waals surface area contributed by atoms with Gasteiger partial charge >= 0.3 is 0 Å². The van der Waals surface area contributed by atoms with Gasteiger partial charge in [0.2, 0.25) is 15.9 Å². The van der Waals surface area contributed by atoms with Crippen molar-refractivity contribution in [1.29, 1.82) is 0 Å². The van der Waals surface area contributed by atoms with Crippen LogP contribution in [0.3, 0.4) is 0 Å². The topological polar surface area (TPSA) is 98.6 Å². The maximum Gasteiger partial charge on any atom is 0.234 e. The Morgan fingerprint density at radius 1 is 1.09 bits per heavy atom. The van der Waals surface area contributed by atoms with Gasteiger partial charge in [0.05, 0.1) is 29.3 Å². The van der Waals surface area contributed by atoms with Crippen molar-refractivity contribution in [2.24, 2.45) is 0 Å².